The Labute approximate surface area is 104 Å². The van der Waals surface area contributed by atoms with Crippen LogP contribution in [0.5, 0.6) is 0 Å². The van der Waals surface area contributed by atoms with Gasteiger partial charge in [-0.05, 0) is 37.8 Å². The third-order valence-corrected chi connectivity index (χ3v) is 3.82. The molecule has 0 spiro atoms. The molecule has 1 rings (SSSR count). The van der Waals surface area contributed by atoms with Crippen molar-refractivity contribution in [2.45, 2.75) is 32.7 Å². The monoisotopic (exact) mass is 255 g/mol. The number of rotatable bonds is 5. The van der Waals surface area contributed by atoms with E-state index in [9.17, 15) is 8.42 Å². The zero-order chi connectivity index (χ0) is 13.1. The molecular formula is C13H21NO2S. The quantitative estimate of drug-likeness (QED) is 0.869. The molecule has 96 valence electrons. The fraction of sp³-hybridized carbons (Fsp3) is 0.538. The van der Waals surface area contributed by atoms with Crippen molar-refractivity contribution >= 4 is 9.84 Å². The largest absolute Gasteiger partial charge is 0.327 e. The lowest BCUT2D eigenvalue weighted by Gasteiger charge is -2.13. The Kier molecular flexibility index (Phi) is 4.71. The van der Waals surface area contributed by atoms with Gasteiger partial charge in [0.1, 0.15) is 9.84 Å². The van der Waals surface area contributed by atoms with Gasteiger partial charge in [-0.3, -0.25) is 0 Å². The zero-order valence-electron chi connectivity index (χ0n) is 10.7. The van der Waals surface area contributed by atoms with E-state index in [-0.39, 0.29) is 11.8 Å². The maximum Gasteiger partial charge on any atom is 0.147 e. The first-order valence-electron chi connectivity index (χ1n) is 5.77. The van der Waals surface area contributed by atoms with E-state index in [2.05, 4.69) is 25.1 Å². The molecule has 0 radical (unpaired) electrons. The minimum atomic E-state index is -2.91. The summed E-state index contributed by atoms with van der Waals surface area (Å²) in [5.74, 6) is 0.166. The molecule has 1 aromatic carbocycles. The van der Waals surface area contributed by atoms with Gasteiger partial charge in [0.25, 0.3) is 0 Å². The van der Waals surface area contributed by atoms with Crippen molar-refractivity contribution in [2.24, 2.45) is 5.73 Å². The second-order valence-corrected chi connectivity index (χ2v) is 7.07. The molecule has 3 nitrogen and oxygen atoms in total. The van der Waals surface area contributed by atoms with Gasteiger partial charge in [-0.1, -0.05) is 23.8 Å². The highest BCUT2D eigenvalue weighted by Gasteiger charge is 2.10. The van der Waals surface area contributed by atoms with Crippen LogP contribution in [-0.4, -0.2) is 26.5 Å². The Bertz CT molecular complexity index is 480. The van der Waals surface area contributed by atoms with Crippen molar-refractivity contribution < 1.29 is 8.42 Å². The molecule has 4 heteroatoms. The summed E-state index contributed by atoms with van der Waals surface area (Å²) in [5, 5.41) is 0. The highest BCUT2D eigenvalue weighted by Crippen LogP contribution is 2.13. The molecule has 17 heavy (non-hydrogen) atoms. The average Bonchev–Trinajstić information content (AvgIpc) is 2.20. The SMILES string of the molecule is Cc1ccc(C)c(CC(N)CCS(C)(=O)=O)c1. The number of nitrogens with two attached hydrogens (primary N) is 1. The average molecular weight is 255 g/mol. The van der Waals surface area contributed by atoms with E-state index < -0.39 is 9.84 Å². The second-order valence-electron chi connectivity index (χ2n) is 4.81. The molecule has 0 aliphatic rings. The van der Waals surface area contributed by atoms with Crippen LogP contribution >= 0.6 is 0 Å². The molecule has 1 unspecified atom stereocenters. The summed E-state index contributed by atoms with van der Waals surface area (Å²) in [4.78, 5) is 0. The topological polar surface area (TPSA) is 60.2 Å². The molecular weight excluding hydrogens is 234 g/mol. The number of sulfone groups is 1. The number of aryl methyl sites for hydroxylation is 2. The van der Waals surface area contributed by atoms with Crippen LogP contribution in [0, 0.1) is 13.8 Å². The first-order valence-corrected chi connectivity index (χ1v) is 7.83. The Hall–Kier alpha value is -0.870. The number of hydrogen-bond acceptors (Lipinski definition) is 3. The van der Waals surface area contributed by atoms with Gasteiger partial charge in [0.05, 0.1) is 5.75 Å². The van der Waals surface area contributed by atoms with Crippen molar-refractivity contribution in [3.63, 3.8) is 0 Å². The summed E-state index contributed by atoms with van der Waals surface area (Å²) in [6, 6.07) is 6.18. The lowest BCUT2D eigenvalue weighted by Crippen LogP contribution is -2.26. The standard InChI is InChI=1S/C13H21NO2S/c1-10-4-5-11(2)12(8-10)9-13(14)6-7-17(3,15)16/h4-5,8,13H,6-7,9,14H2,1-3H3. The van der Waals surface area contributed by atoms with Gasteiger partial charge in [-0.25, -0.2) is 8.42 Å². The summed E-state index contributed by atoms with van der Waals surface area (Å²) < 4.78 is 22.1. The van der Waals surface area contributed by atoms with Crippen LogP contribution < -0.4 is 5.73 Å². The molecule has 0 aliphatic carbocycles. The van der Waals surface area contributed by atoms with E-state index >= 15 is 0 Å². The summed E-state index contributed by atoms with van der Waals surface area (Å²) in [6.07, 6.45) is 2.51. The predicted octanol–water partition coefficient (Wildman–Crippen LogP) is 1.61. The summed E-state index contributed by atoms with van der Waals surface area (Å²) >= 11 is 0. The fourth-order valence-corrected chi connectivity index (χ4v) is 2.50. The Balaban J connectivity index is 2.62. The molecule has 1 aromatic rings. The Morgan fingerprint density at radius 2 is 1.94 bits per heavy atom. The first-order chi connectivity index (χ1) is 7.78. The Morgan fingerprint density at radius 3 is 2.53 bits per heavy atom. The fourth-order valence-electron chi connectivity index (χ4n) is 1.77. The van der Waals surface area contributed by atoms with E-state index in [1.54, 1.807) is 0 Å². The third kappa shape index (κ3) is 5.33. The number of hydrogen-bond donors (Lipinski definition) is 1. The van der Waals surface area contributed by atoms with E-state index in [4.69, 9.17) is 5.73 Å². The van der Waals surface area contributed by atoms with Gasteiger partial charge >= 0.3 is 0 Å². The maximum absolute atomic E-state index is 11.1. The lowest BCUT2D eigenvalue weighted by atomic mass is 9.98. The van der Waals surface area contributed by atoms with E-state index in [1.165, 1.54) is 22.9 Å². The molecule has 0 aromatic heterocycles. The molecule has 0 aliphatic heterocycles. The zero-order valence-corrected chi connectivity index (χ0v) is 11.5. The minimum Gasteiger partial charge on any atom is -0.327 e. The summed E-state index contributed by atoms with van der Waals surface area (Å²) in [7, 11) is -2.91. The van der Waals surface area contributed by atoms with Crippen LogP contribution in [0.3, 0.4) is 0 Å². The molecule has 0 saturated carbocycles. The van der Waals surface area contributed by atoms with Crippen molar-refractivity contribution in [2.75, 3.05) is 12.0 Å². The van der Waals surface area contributed by atoms with Gasteiger partial charge < -0.3 is 5.73 Å². The van der Waals surface area contributed by atoms with Gasteiger partial charge in [-0.2, -0.15) is 0 Å². The van der Waals surface area contributed by atoms with E-state index in [0.717, 1.165) is 6.42 Å². The van der Waals surface area contributed by atoms with Gasteiger partial charge in [0.15, 0.2) is 0 Å². The smallest absolute Gasteiger partial charge is 0.147 e. The highest BCUT2D eigenvalue weighted by molar-refractivity contribution is 7.90. The Morgan fingerprint density at radius 1 is 1.29 bits per heavy atom. The number of benzene rings is 1. The lowest BCUT2D eigenvalue weighted by molar-refractivity contribution is 0.585. The predicted molar refractivity (Wildman–Crippen MR) is 71.9 cm³/mol. The molecule has 0 saturated heterocycles. The van der Waals surface area contributed by atoms with Crippen molar-refractivity contribution in [1.29, 1.82) is 0 Å². The summed E-state index contributed by atoms with van der Waals surface area (Å²) in [6.45, 7) is 4.10. The van der Waals surface area contributed by atoms with Crippen LogP contribution in [0.1, 0.15) is 23.1 Å². The van der Waals surface area contributed by atoms with Crippen LogP contribution in [0.2, 0.25) is 0 Å². The van der Waals surface area contributed by atoms with Crippen molar-refractivity contribution in [3.8, 4) is 0 Å². The second kappa shape index (κ2) is 5.65. The van der Waals surface area contributed by atoms with Crippen LogP contribution in [-0.2, 0) is 16.3 Å². The minimum absolute atomic E-state index is 0.0924. The molecule has 0 heterocycles. The maximum atomic E-state index is 11.1. The van der Waals surface area contributed by atoms with Crippen LogP contribution in [0.4, 0.5) is 0 Å². The molecule has 1 atom stereocenters. The first kappa shape index (κ1) is 14.2. The van der Waals surface area contributed by atoms with Crippen molar-refractivity contribution in [3.05, 3.63) is 34.9 Å². The summed E-state index contributed by atoms with van der Waals surface area (Å²) in [5.41, 5.74) is 9.60. The van der Waals surface area contributed by atoms with Gasteiger partial charge in [0.2, 0.25) is 0 Å². The van der Waals surface area contributed by atoms with Crippen LogP contribution in [0.25, 0.3) is 0 Å². The molecule has 0 fully saturated rings. The van der Waals surface area contributed by atoms with E-state index in [1.807, 2.05) is 6.92 Å². The molecule has 0 amide bonds. The van der Waals surface area contributed by atoms with Crippen molar-refractivity contribution in [1.82, 2.24) is 0 Å². The van der Waals surface area contributed by atoms with Gasteiger partial charge in [0, 0.05) is 12.3 Å². The van der Waals surface area contributed by atoms with Crippen LogP contribution in [0.15, 0.2) is 18.2 Å². The van der Waals surface area contributed by atoms with E-state index in [0.29, 0.717) is 6.42 Å². The highest BCUT2D eigenvalue weighted by atomic mass is 32.2. The molecule has 0 bridgehead atoms. The molecule has 2 N–H and O–H groups in total. The third-order valence-electron chi connectivity index (χ3n) is 2.85. The normalized spacial score (nSPS) is 13.6. The van der Waals surface area contributed by atoms with Gasteiger partial charge in [-0.15, -0.1) is 0 Å².